The first kappa shape index (κ1) is 17.3. The lowest BCUT2D eigenvalue weighted by molar-refractivity contribution is 0.0955. The molecule has 0 saturated heterocycles. The van der Waals surface area contributed by atoms with Crippen LogP contribution in [0.1, 0.15) is 21.5 Å². The summed E-state index contributed by atoms with van der Waals surface area (Å²) < 4.78 is 11.5. The van der Waals surface area contributed by atoms with E-state index >= 15 is 0 Å². The maximum absolute atomic E-state index is 12.0. The Balaban J connectivity index is 2.13. The number of amides is 1. The van der Waals surface area contributed by atoms with Crippen molar-refractivity contribution in [1.82, 2.24) is 5.43 Å². The summed E-state index contributed by atoms with van der Waals surface area (Å²) in [6.07, 6.45) is 1.59. The molecule has 2 aromatic rings. The average molecular weight is 424 g/mol. The van der Waals surface area contributed by atoms with Gasteiger partial charge in [-0.3, -0.25) is 4.79 Å². The molecule has 0 atom stereocenters. The lowest BCUT2D eigenvalue weighted by Crippen LogP contribution is -2.17. The molecule has 1 N–H and O–H groups in total. The lowest BCUT2D eigenvalue weighted by Gasteiger charge is -2.10. The van der Waals surface area contributed by atoms with E-state index < -0.39 is 0 Å². The molecule has 120 valence electrons. The van der Waals surface area contributed by atoms with Crippen LogP contribution in [-0.4, -0.2) is 26.3 Å². The number of nitrogens with zero attached hydrogens (tertiary/aromatic N) is 1. The molecule has 0 heterocycles. The third-order valence-electron chi connectivity index (χ3n) is 3.23. The molecule has 0 fully saturated rings. The second-order valence-electron chi connectivity index (χ2n) is 4.77. The van der Waals surface area contributed by atoms with E-state index in [2.05, 4.69) is 33.1 Å². The smallest absolute Gasteiger partial charge is 0.271 e. The zero-order chi connectivity index (χ0) is 16.8. The van der Waals surface area contributed by atoms with Crippen LogP contribution < -0.4 is 14.9 Å². The van der Waals surface area contributed by atoms with Crippen molar-refractivity contribution in [2.24, 2.45) is 5.10 Å². The summed E-state index contributed by atoms with van der Waals surface area (Å²) in [5, 5.41) is 4.02. The third kappa shape index (κ3) is 4.44. The maximum Gasteiger partial charge on any atom is 0.271 e. The van der Waals surface area contributed by atoms with Gasteiger partial charge in [-0.2, -0.15) is 5.10 Å². The highest BCUT2D eigenvalue weighted by Crippen LogP contribution is 2.29. The number of hydrazone groups is 1. The van der Waals surface area contributed by atoms with Gasteiger partial charge in [0.1, 0.15) is 0 Å². The molecule has 0 aliphatic heterocycles. The fraction of sp³-hybridized carbons (Fsp3) is 0.176. The minimum absolute atomic E-state index is 0.252. The van der Waals surface area contributed by atoms with Crippen molar-refractivity contribution in [3.8, 4) is 11.5 Å². The summed E-state index contributed by atoms with van der Waals surface area (Å²) in [6.45, 7) is 1.94. The average Bonchev–Trinajstić information content (AvgIpc) is 2.55. The van der Waals surface area contributed by atoms with Gasteiger partial charge in [-0.15, -0.1) is 0 Å². The van der Waals surface area contributed by atoms with Gasteiger partial charge in [0.05, 0.1) is 20.4 Å². The zero-order valence-corrected chi connectivity index (χ0v) is 15.2. The molecule has 1 amide bonds. The van der Waals surface area contributed by atoms with Crippen LogP contribution in [0.4, 0.5) is 0 Å². The Bertz CT molecular complexity index is 745. The largest absolute Gasteiger partial charge is 0.493 e. The van der Waals surface area contributed by atoms with Crippen molar-refractivity contribution < 1.29 is 14.3 Å². The van der Waals surface area contributed by atoms with Gasteiger partial charge in [-0.05, 0) is 65.4 Å². The van der Waals surface area contributed by atoms with E-state index in [0.29, 0.717) is 17.1 Å². The van der Waals surface area contributed by atoms with Crippen molar-refractivity contribution in [3.05, 3.63) is 56.7 Å². The number of halogens is 1. The van der Waals surface area contributed by atoms with E-state index in [1.807, 2.05) is 31.2 Å². The maximum atomic E-state index is 12.0. The van der Waals surface area contributed by atoms with Crippen LogP contribution in [0.15, 0.2) is 41.5 Å². The highest BCUT2D eigenvalue weighted by Gasteiger charge is 2.08. The molecule has 0 bridgehead atoms. The number of rotatable bonds is 5. The van der Waals surface area contributed by atoms with Gasteiger partial charge in [0.15, 0.2) is 11.5 Å². The van der Waals surface area contributed by atoms with Gasteiger partial charge in [-0.25, -0.2) is 5.43 Å². The van der Waals surface area contributed by atoms with Crippen molar-refractivity contribution in [3.63, 3.8) is 0 Å². The third-order valence-corrected chi connectivity index (χ3v) is 3.90. The summed E-state index contributed by atoms with van der Waals surface area (Å²) in [7, 11) is 3.17. The molecule has 23 heavy (non-hydrogen) atoms. The number of carbonyl (C=O) groups is 1. The van der Waals surface area contributed by atoms with Crippen molar-refractivity contribution >= 4 is 34.7 Å². The second kappa shape index (κ2) is 7.96. The van der Waals surface area contributed by atoms with Crippen LogP contribution in [0.2, 0.25) is 0 Å². The number of hydrogen-bond donors (Lipinski definition) is 1. The van der Waals surface area contributed by atoms with Crippen LogP contribution in [0.25, 0.3) is 0 Å². The highest BCUT2D eigenvalue weighted by atomic mass is 127. The summed E-state index contributed by atoms with van der Waals surface area (Å²) in [4.78, 5) is 12.0. The van der Waals surface area contributed by atoms with Gasteiger partial charge in [0.25, 0.3) is 5.91 Å². The Morgan fingerprint density at radius 3 is 2.52 bits per heavy atom. The number of nitrogens with one attached hydrogen (secondary N) is 1. The molecule has 5 nitrogen and oxygen atoms in total. The topological polar surface area (TPSA) is 59.9 Å². The summed E-state index contributed by atoms with van der Waals surface area (Å²) >= 11 is 2.16. The number of aryl methyl sites for hydroxylation is 1. The minimum Gasteiger partial charge on any atom is -0.493 e. The Kier molecular flexibility index (Phi) is 5.97. The summed E-state index contributed by atoms with van der Waals surface area (Å²) in [5.41, 5.74) is 4.90. The van der Waals surface area contributed by atoms with Crippen molar-refractivity contribution in [2.45, 2.75) is 6.92 Å². The number of methoxy groups -OCH3 is 2. The van der Waals surface area contributed by atoms with E-state index in [4.69, 9.17) is 9.47 Å². The standard InChI is InChI=1S/C17H17IN2O3/c1-11-7-15(22-2)16(23-3)9-13(11)10-19-20-17(21)12-5-4-6-14(18)8-12/h4-10H,1-3H3,(H,20,21). The first-order chi connectivity index (χ1) is 11.0. The number of ether oxygens (including phenoxy) is 2. The van der Waals surface area contributed by atoms with Crippen molar-refractivity contribution in [1.29, 1.82) is 0 Å². The Labute approximate surface area is 148 Å². The summed E-state index contributed by atoms with van der Waals surface area (Å²) in [5.74, 6) is 1.02. The van der Waals surface area contributed by atoms with Gasteiger partial charge in [-0.1, -0.05) is 6.07 Å². The van der Waals surface area contributed by atoms with Crippen LogP contribution in [0.3, 0.4) is 0 Å². The van der Waals surface area contributed by atoms with E-state index in [9.17, 15) is 4.79 Å². The monoisotopic (exact) mass is 424 g/mol. The molecule has 2 aromatic carbocycles. The second-order valence-corrected chi connectivity index (χ2v) is 6.02. The first-order valence-electron chi connectivity index (χ1n) is 6.86. The van der Waals surface area contributed by atoms with E-state index in [1.165, 1.54) is 0 Å². The Morgan fingerprint density at radius 2 is 1.87 bits per heavy atom. The van der Waals surface area contributed by atoms with Crippen molar-refractivity contribution in [2.75, 3.05) is 14.2 Å². The normalized spacial score (nSPS) is 10.6. The van der Waals surface area contributed by atoms with E-state index in [1.54, 1.807) is 32.6 Å². The number of hydrogen-bond acceptors (Lipinski definition) is 4. The lowest BCUT2D eigenvalue weighted by atomic mass is 10.1. The molecular weight excluding hydrogens is 407 g/mol. The van der Waals surface area contributed by atoms with E-state index in [0.717, 1.165) is 14.7 Å². The van der Waals surface area contributed by atoms with Gasteiger partial charge in [0.2, 0.25) is 0 Å². The van der Waals surface area contributed by atoms with Gasteiger partial charge in [0, 0.05) is 14.7 Å². The summed E-state index contributed by atoms with van der Waals surface area (Å²) in [6, 6.07) is 11.0. The van der Waals surface area contributed by atoms with E-state index in [-0.39, 0.29) is 5.91 Å². The molecule has 0 aromatic heterocycles. The molecule has 0 spiro atoms. The van der Waals surface area contributed by atoms with Crippen LogP contribution >= 0.6 is 22.6 Å². The fourth-order valence-corrected chi connectivity index (χ4v) is 2.53. The molecule has 2 rings (SSSR count). The molecule has 6 heteroatoms. The fourth-order valence-electron chi connectivity index (χ4n) is 1.99. The predicted molar refractivity (Wildman–Crippen MR) is 98.5 cm³/mol. The highest BCUT2D eigenvalue weighted by molar-refractivity contribution is 14.1. The number of benzene rings is 2. The Morgan fingerprint density at radius 1 is 1.17 bits per heavy atom. The molecule has 0 aliphatic carbocycles. The molecule has 0 radical (unpaired) electrons. The SMILES string of the molecule is COc1cc(C)c(C=NNC(=O)c2cccc(I)c2)cc1OC. The quantitative estimate of drug-likeness (QED) is 0.455. The molecular formula is C17H17IN2O3. The van der Waals surface area contributed by atoms with Gasteiger partial charge >= 0.3 is 0 Å². The first-order valence-corrected chi connectivity index (χ1v) is 7.94. The van der Waals surface area contributed by atoms with Crippen LogP contribution in [0, 0.1) is 10.5 Å². The predicted octanol–water partition coefficient (Wildman–Crippen LogP) is 3.38. The molecule has 0 saturated carbocycles. The minimum atomic E-state index is -0.252. The zero-order valence-electron chi connectivity index (χ0n) is 13.1. The number of carbonyl (C=O) groups excluding carboxylic acids is 1. The molecule has 0 aliphatic rings. The van der Waals surface area contributed by atoms with Gasteiger partial charge < -0.3 is 9.47 Å². The van der Waals surface area contributed by atoms with Crippen LogP contribution in [0.5, 0.6) is 11.5 Å². The molecule has 0 unspecified atom stereocenters. The Hall–Kier alpha value is -2.09. The van der Waals surface area contributed by atoms with Crippen LogP contribution in [-0.2, 0) is 0 Å².